The van der Waals surface area contributed by atoms with Crippen molar-refractivity contribution in [3.8, 4) is 0 Å². The lowest BCUT2D eigenvalue weighted by molar-refractivity contribution is -0.199. The van der Waals surface area contributed by atoms with Gasteiger partial charge in [0.2, 0.25) is 5.91 Å². The Morgan fingerprint density at radius 2 is 1.92 bits per heavy atom. The second-order valence-electron chi connectivity index (χ2n) is 11.7. The number of benzene rings is 1. The summed E-state index contributed by atoms with van der Waals surface area (Å²) in [4.78, 5) is 26.4. The molecule has 1 heterocycles. The first kappa shape index (κ1) is 28.1. The van der Waals surface area contributed by atoms with E-state index in [0.29, 0.717) is 35.0 Å². The molecule has 1 aromatic carbocycles. The largest absolute Gasteiger partial charge is 0.481 e. The summed E-state index contributed by atoms with van der Waals surface area (Å²) in [5.74, 6) is 0.803. The smallest absolute Gasteiger partial charge is 0.404 e. The maximum Gasteiger partial charge on any atom is 0.481 e. The van der Waals surface area contributed by atoms with E-state index in [9.17, 15) is 9.59 Å². The third kappa shape index (κ3) is 5.31. The maximum absolute atomic E-state index is 13.5. The van der Waals surface area contributed by atoms with E-state index in [1.807, 2.05) is 6.26 Å². The van der Waals surface area contributed by atoms with Crippen LogP contribution in [0.25, 0.3) is 0 Å². The minimum atomic E-state index is -0.747. The van der Waals surface area contributed by atoms with Gasteiger partial charge in [0.15, 0.2) is 0 Å². The van der Waals surface area contributed by atoms with Crippen LogP contribution >= 0.6 is 35.0 Å². The van der Waals surface area contributed by atoms with Gasteiger partial charge in [0, 0.05) is 10.8 Å². The van der Waals surface area contributed by atoms with Crippen LogP contribution in [0.3, 0.4) is 0 Å². The Morgan fingerprint density at radius 1 is 1.19 bits per heavy atom. The summed E-state index contributed by atoms with van der Waals surface area (Å²) in [6.07, 6.45) is 4.80. The van der Waals surface area contributed by atoms with Crippen molar-refractivity contribution in [2.24, 2.45) is 23.2 Å². The molecular weight excluding hydrogens is 518 g/mol. The van der Waals surface area contributed by atoms with Crippen LogP contribution in [0.15, 0.2) is 18.2 Å². The van der Waals surface area contributed by atoms with E-state index in [2.05, 4.69) is 45.3 Å². The van der Waals surface area contributed by atoms with E-state index in [4.69, 9.17) is 32.5 Å². The Balaban J connectivity index is 1.48. The number of thioether (sulfide) groups is 1. The summed E-state index contributed by atoms with van der Waals surface area (Å²) >= 11 is 13.7. The minimum absolute atomic E-state index is 0.0394. The highest BCUT2D eigenvalue weighted by Gasteiger charge is 2.68. The average Bonchev–Trinajstić information content (AvgIpc) is 3.16. The molecule has 0 radical (unpaired) electrons. The highest BCUT2D eigenvalue weighted by atomic mass is 35.5. The molecule has 5 rings (SSSR count). The summed E-state index contributed by atoms with van der Waals surface area (Å²) in [6.45, 7) is 11.1. The molecule has 1 aromatic rings. The average molecular weight is 555 g/mol. The number of amides is 2. The van der Waals surface area contributed by atoms with Crippen LogP contribution < -0.4 is 10.6 Å². The van der Waals surface area contributed by atoms with Crippen LogP contribution in [-0.2, 0) is 14.1 Å². The van der Waals surface area contributed by atoms with E-state index >= 15 is 0 Å². The predicted molar refractivity (Wildman–Crippen MR) is 148 cm³/mol. The highest BCUT2D eigenvalue weighted by Crippen LogP contribution is 2.65. The Bertz CT molecular complexity index is 1010. The van der Waals surface area contributed by atoms with E-state index < -0.39 is 19.1 Å². The molecule has 4 aliphatic rings. The fraction of sp³-hybridized carbons (Fsp3) is 0.692. The SMILES string of the molecule is CSC[C@H](NC(=O)c1cc(Cl)ccc1Cl)C(=O)N[C@@H](CC(C)C)B1O[C@@H]2C[C@@H]3C[C@@H](C3(C)C)[C@]2(C)O1. The third-order valence-electron chi connectivity index (χ3n) is 8.48. The van der Waals surface area contributed by atoms with Gasteiger partial charge in [-0.05, 0) is 73.8 Å². The number of carbonyl (C=O) groups is 2. The summed E-state index contributed by atoms with van der Waals surface area (Å²) < 4.78 is 13.1. The Kier molecular flexibility index (Phi) is 8.34. The first-order valence-corrected chi connectivity index (χ1v) is 14.9. The fourth-order valence-electron chi connectivity index (χ4n) is 6.36. The molecule has 4 fully saturated rings. The normalized spacial score (nSPS) is 29.8. The van der Waals surface area contributed by atoms with Gasteiger partial charge in [0.25, 0.3) is 5.91 Å². The van der Waals surface area contributed by atoms with Crippen molar-refractivity contribution in [1.82, 2.24) is 10.6 Å². The monoisotopic (exact) mass is 554 g/mol. The number of rotatable bonds is 9. The van der Waals surface area contributed by atoms with Crippen molar-refractivity contribution >= 4 is 53.9 Å². The molecule has 2 N–H and O–H groups in total. The molecule has 0 spiro atoms. The number of carbonyl (C=O) groups excluding carboxylic acids is 2. The number of hydrogen-bond acceptors (Lipinski definition) is 5. The number of nitrogens with one attached hydrogen (secondary N) is 2. The molecule has 2 amide bonds. The van der Waals surface area contributed by atoms with Gasteiger partial charge >= 0.3 is 7.12 Å². The molecule has 3 saturated carbocycles. The van der Waals surface area contributed by atoms with Crippen molar-refractivity contribution in [3.05, 3.63) is 33.8 Å². The zero-order valence-electron chi connectivity index (χ0n) is 21.9. The van der Waals surface area contributed by atoms with Crippen LogP contribution in [-0.4, -0.2) is 54.6 Å². The first-order chi connectivity index (χ1) is 16.9. The highest BCUT2D eigenvalue weighted by molar-refractivity contribution is 7.98. The van der Waals surface area contributed by atoms with E-state index in [1.165, 1.54) is 24.2 Å². The van der Waals surface area contributed by atoms with Gasteiger partial charge in [-0.2, -0.15) is 11.8 Å². The van der Waals surface area contributed by atoms with Crippen molar-refractivity contribution in [3.63, 3.8) is 0 Å². The van der Waals surface area contributed by atoms with Gasteiger partial charge in [-0.3, -0.25) is 9.59 Å². The molecule has 10 heteroatoms. The van der Waals surface area contributed by atoms with E-state index in [-0.39, 0.29) is 39.6 Å². The lowest BCUT2D eigenvalue weighted by atomic mass is 9.43. The van der Waals surface area contributed by atoms with Crippen LogP contribution in [0.4, 0.5) is 0 Å². The van der Waals surface area contributed by atoms with Crippen LogP contribution in [0, 0.1) is 23.2 Å². The Morgan fingerprint density at radius 3 is 2.56 bits per heavy atom. The van der Waals surface area contributed by atoms with Crippen molar-refractivity contribution in [2.75, 3.05) is 12.0 Å². The van der Waals surface area contributed by atoms with Crippen molar-refractivity contribution in [2.45, 2.75) is 77.6 Å². The molecule has 6 nitrogen and oxygen atoms in total. The second kappa shape index (κ2) is 10.7. The summed E-state index contributed by atoms with van der Waals surface area (Å²) in [5.41, 5.74) is 0.136. The van der Waals surface area contributed by atoms with Crippen LogP contribution in [0.1, 0.15) is 64.2 Å². The minimum Gasteiger partial charge on any atom is -0.404 e. The second-order valence-corrected chi connectivity index (χ2v) is 13.4. The van der Waals surface area contributed by atoms with Gasteiger partial charge in [0.05, 0.1) is 28.2 Å². The Labute approximate surface area is 229 Å². The summed E-state index contributed by atoms with van der Waals surface area (Å²) in [5, 5.41) is 6.68. The van der Waals surface area contributed by atoms with Crippen LogP contribution in [0.5, 0.6) is 0 Å². The lowest BCUT2D eigenvalue weighted by Gasteiger charge is -2.64. The maximum atomic E-state index is 13.5. The molecular formula is C26H37BCl2N2O4S. The fourth-order valence-corrected chi connectivity index (χ4v) is 7.30. The lowest BCUT2D eigenvalue weighted by Crippen LogP contribution is -2.65. The van der Waals surface area contributed by atoms with Crippen molar-refractivity contribution in [1.29, 1.82) is 0 Å². The number of hydrogen-bond donors (Lipinski definition) is 2. The third-order valence-corrected chi connectivity index (χ3v) is 9.71. The van der Waals surface area contributed by atoms with Gasteiger partial charge in [-0.25, -0.2) is 0 Å². The summed E-state index contributed by atoms with van der Waals surface area (Å²) in [6, 6.07) is 3.95. The van der Waals surface area contributed by atoms with Gasteiger partial charge in [0.1, 0.15) is 6.04 Å². The van der Waals surface area contributed by atoms with E-state index in [0.717, 1.165) is 6.42 Å². The zero-order chi connectivity index (χ0) is 26.4. The topological polar surface area (TPSA) is 76.7 Å². The molecule has 198 valence electrons. The summed E-state index contributed by atoms with van der Waals surface area (Å²) in [7, 11) is -0.519. The predicted octanol–water partition coefficient (Wildman–Crippen LogP) is 5.25. The van der Waals surface area contributed by atoms with Gasteiger partial charge in [-0.15, -0.1) is 0 Å². The zero-order valence-corrected chi connectivity index (χ0v) is 24.2. The molecule has 0 unspecified atom stereocenters. The molecule has 6 atom stereocenters. The molecule has 0 aromatic heterocycles. The molecule has 3 aliphatic carbocycles. The first-order valence-electron chi connectivity index (χ1n) is 12.7. The van der Waals surface area contributed by atoms with Gasteiger partial charge in [-0.1, -0.05) is 50.9 Å². The van der Waals surface area contributed by atoms with Crippen LogP contribution in [0.2, 0.25) is 10.0 Å². The number of halogens is 2. The van der Waals surface area contributed by atoms with E-state index in [1.54, 1.807) is 12.1 Å². The van der Waals surface area contributed by atoms with Gasteiger partial charge < -0.3 is 19.9 Å². The Hall–Kier alpha value is -0.925. The standard InChI is InChI=1S/C26H37BCl2N2O4S/c1-14(2)9-22(27-34-21-11-15-10-20(25(15,3)4)26(21,5)35-27)31-24(33)19(13-36-6)30-23(32)17-12-16(28)7-8-18(17)29/h7-8,12,14-15,19-22H,9-11,13H2,1-6H3,(H,30,32)(H,31,33)/t15-,19-,20-,21+,22-,26-/m0/s1. The molecule has 1 saturated heterocycles. The molecule has 36 heavy (non-hydrogen) atoms. The molecule has 1 aliphatic heterocycles. The molecule has 2 bridgehead atoms. The quantitative estimate of drug-likeness (QED) is 0.407. The van der Waals surface area contributed by atoms with Crippen molar-refractivity contribution < 1.29 is 18.9 Å².